The van der Waals surface area contributed by atoms with Gasteiger partial charge in [-0.3, -0.25) is 4.90 Å². The van der Waals surface area contributed by atoms with E-state index in [0.29, 0.717) is 6.10 Å². The van der Waals surface area contributed by atoms with Gasteiger partial charge in [0, 0.05) is 39.0 Å². The van der Waals surface area contributed by atoms with Gasteiger partial charge < -0.3 is 9.30 Å². The lowest BCUT2D eigenvalue weighted by atomic mass is 10.1. The van der Waals surface area contributed by atoms with E-state index in [2.05, 4.69) is 52.6 Å². The molecule has 124 valence electrons. The maximum absolute atomic E-state index is 5.86. The third-order valence-electron chi connectivity index (χ3n) is 4.67. The summed E-state index contributed by atoms with van der Waals surface area (Å²) in [6, 6.07) is 8.66. The van der Waals surface area contributed by atoms with E-state index in [1.54, 1.807) is 0 Å². The van der Waals surface area contributed by atoms with Crippen LogP contribution in [0.15, 0.2) is 36.8 Å². The van der Waals surface area contributed by atoms with Crippen LogP contribution in [0.1, 0.15) is 36.6 Å². The second-order valence-corrected chi connectivity index (χ2v) is 6.40. The lowest BCUT2D eigenvalue weighted by molar-refractivity contribution is 0.0670. The Kier molecular flexibility index (Phi) is 5.47. The summed E-state index contributed by atoms with van der Waals surface area (Å²) in [5.74, 6) is 0. The zero-order chi connectivity index (χ0) is 16.1. The first kappa shape index (κ1) is 16.2. The van der Waals surface area contributed by atoms with Gasteiger partial charge in [-0.05, 0) is 37.8 Å². The van der Waals surface area contributed by atoms with E-state index >= 15 is 0 Å². The molecule has 0 aliphatic carbocycles. The Morgan fingerprint density at radius 1 is 1.30 bits per heavy atom. The van der Waals surface area contributed by atoms with Crippen LogP contribution in [0.2, 0.25) is 0 Å². The number of benzene rings is 1. The van der Waals surface area contributed by atoms with Gasteiger partial charge in [-0.1, -0.05) is 24.3 Å². The number of imidazole rings is 1. The smallest absolute Gasteiger partial charge is 0.0948 e. The molecule has 2 heterocycles. The number of nitrogens with zero attached hydrogens (tertiary/aromatic N) is 3. The lowest BCUT2D eigenvalue weighted by Gasteiger charge is -2.26. The van der Waals surface area contributed by atoms with Crippen molar-refractivity contribution < 1.29 is 4.74 Å². The first-order chi connectivity index (χ1) is 11.3. The number of hydrogen-bond acceptors (Lipinski definition) is 3. The molecule has 23 heavy (non-hydrogen) atoms. The molecule has 4 nitrogen and oxygen atoms in total. The van der Waals surface area contributed by atoms with Gasteiger partial charge in [0.05, 0.1) is 18.1 Å². The van der Waals surface area contributed by atoms with E-state index in [-0.39, 0.29) is 0 Å². The molecule has 1 saturated heterocycles. The summed E-state index contributed by atoms with van der Waals surface area (Å²) < 4.78 is 8.09. The summed E-state index contributed by atoms with van der Waals surface area (Å²) >= 11 is 0. The highest BCUT2D eigenvalue weighted by Crippen LogP contribution is 2.18. The van der Waals surface area contributed by atoms with Gasteiger partial charge in [0.25, 0.3) is 0 Å². The van der Waals surface area contributed by atoms with E-state index in [1.165, 1.54) is 29.7 Å². The lowest BCUT2D eigenvalue weighted by Crippen LogP contribution is -2.32. The van der Waals surface area contributed by atoms with Gasteiger partial charge in [0.15, 0.2) is 0 Å². The Morgan fingerprint density at radius 3 is 2.91 bits per heavy atom. The van der Waals surface area contributed by atoms with Gasteiger partial charge in [0.1, 0.15) is 0 Å². The summed E-state index contributed by atoms with van der Waals surface area (Å²) in [5, 5.41) is 0. The van der Waals surface area contributed by atoms with Crippen molar-refractivity contribution in [3.05, 3.63) is 53.6 Å². The third-order valence-corrected chi connectivity index (χ3v) is 4.67. The number of ether oxygens (including phenoxy) is 1. The monoisotopic (exact) mass is 313 g/mol. The van der Waals surface area contributed by atoms with Crippen LogP contribution >= 0.6 is 0 Å². The minimum absolute atomic E-state index is 0.372. The normalized spacial score (nSPS) is 18.0. The summed E-state index contributed by atoms with van der Waals surface area (Å²) in [4.78, 5) is 6.81. The molecule has 0 saturated carbocycles. The molecule has 1 unspecified atom stereocenters. The highest BCUT2D eigenvalue weighted by Gasteiger charge is 2.20. The maximum Gasteiger partial charge on any atom is 0.0948 e. The third kappa shape index (κ3) is 4.21. The van der Waals surface area contributed by atoms with Gasteiger partial charge in [-0.15, -0.1) is 0 Å². The molecule has 1 aromatic carbocycles. The van der Waals surface area contributed by atoms with Crippen LogP contribution in [0, 0.1) is 6.92 Å². The predicted molar refractivity (Wildman–Crippen MR) is 92.2 cm³/mol. The van der Waals surface area contributed by atoms with Gasteiger partial charge >= 0.3 is 0 Å². The van der Waals surface area contributed by atoms with Crippen LogP contribution in [-0.4, -0.2) is 33.7 Å². The molecule has 4 heteroatoms. The molecule has 0 bridgehead atoms. The van der Waals surface area contributed by atoms with Crippen molar-refractivity contribution in [2.75, 3.05) is 13.2 Å². The van der Waals surface area contributed by atoms with Crippen LogP contribution in [0.5, 0.6) is 0 Å². The van der Waals surface area contributed by atoms with E-state index in [0.717, 1.165) is 32.8 Å². The van der Waals surface area contributed by atoms with E-state index in [9.17, 15) is 0 Å². The van der Waals surface area contributed by atoms with Crippen molar-refractivity contribution in [3.8, 4) is 0 Å². The van der Waals surface area contributed by atoms with Crippen molar-refractivity contribution in [1.29, 1.82) is 0 Å². The minimum Gasteiger partial charge on any atom is -0.377 e. The average Bonchev–Trinajstić information content (AvgIpc) is 3.21. The molecule has 0 radical (unpaired) electrons. The average molecular weight is 313 g/mol. The zero-order valence-corrected chi connectivity index (χ0v) is 14.2. The standard InChI is InChI=1S/C19H27N3O/c1-3-22-15-20-11-18(22)13-21(14-19-9-6-10-23-19)12-17-8-5-4-7-16(17)2/h4-5,7-8,11,15,19H,3,6,9-10,12-14H2,1-2H3. The summed E-state index contributed by atoms with van der Waals surface area (Å²) in [5.41, 5.74) is 4.03. The van der Waals surface area contributed by atoms with E-state index in [1.807, 2.05) is 12.5 Å². The maximum atomic E-state index is 5.86. The minimum atomic E-state index is 0.372. The second kappa shape index (κ2) is 7.75. The molecule has 1 aliphatic heterocycles. The molecule has 3 rings (SSSR count). The molecular weight excluding hydrogens is 286 g/mol. The highest BCUT2D eigenvalue weighted by atomic mass is 16.5. The Hall–Kier alpha value is -1.65. The van der Waals surface area contributed by atoms with Crippen LogP contribution in [0.3, 0.4) is 0 Å². The fourth-order valence-electron chi connectivity index (χ4n) is 3.28. The molecule has 1 aliphatic rings. The van der Waals surface area contributed by atoms with Crippen molar-refractivity contribution in [2.24, 2.45) is 0 Å². The molecule has 0 N–H and O–H groups in total. The number of rotatable bonds is 7. The van der Waals surface area contributed by atoms with E-state index in [4.69, 9.17) is 4.74 Å². The number of aromatic nitrogens is 2. The summed E-state index contributed by atoms with van der Waals surface area (Å²) in [6.07, 6.45) is 6.65. The molecule has 0 spiro atoms. The zero-order valence-electron chi connectivity index (χ0n) is 14.2. The first-order valence-electron chi connectivity index (χ1n) is 8.63. The quantitative estimate of drug-likeness (QED) is 0.785. The van der Waals surface area contributed by atoms with Crippen molar-refractivity contribution in [1.82, 2.24) is 14.5 Å². The first-order valence-corrected chi connectivity index (χ1v) is 8.63. The van der Waals surface area contributed by atoms with Crippen LogP contribution in [0.25, 0.3) is 0 Å². The largest absolute Gasteiger partial charge is 0.377 e. The SMILES string of the molecule is CCn1cncc1CN(Cc1ccccc1C)CC1CCCO1. The fourth-order valence-corrected chi connectivity index (χ4v) is 3.28. The van der Waals surface area contributed by atoms with Gasteiger partial charge in [0.2, 0.25) is 0 Å². The van der Waals surface area contributed by atoms with Gasteiger partial charge in [-0.25, -0.2) is 4.98 Å². The Balaban J connectivity index is 1.74. The molecule has 0 amide bonds. The summed E-state index contributed by atoms with van der Waals surface area (Å²) in [7, 11) is 0. The Bertz CT molecular complexity index is 617. The molecule has 1 aromatic heterocycles. The molecule has 1 atom stereocenters. The second-order valence-electron chi connectivity index (χ2n) is 6.40. The highest BCUT2D eigenvalue weighted by molar-refractivity contribution is 5.25. The Morgan fingerprint density at radius 2 is 2.17 bits per heavy atom. The van der Waals surface area contributed by atoms with Crippen LogP contribution < -0.4 is 0 Å². The van der Waals surface area contributed by atoms with Gasteiger partial charge in [-0.2, -0.15) is 0 Å². The fraction of sp³-hybridized carbons (Fsp3) is 0.526. The summed E-state index contributed by atoms with van der Waals surface area (Å²) in [6.45, 7) is 9.10. The molecule has 1 fully saturated rings. The van der Waals surface area contributed by atoms with Crippen molar-refractivity contribution in [3.63, 3.8) is 0 Å². The molecule has 2 aromatic rings. The Labute approximate surface area is 139 Å². The van der Waals surface area contributed by atoms with Crippen molar-refractivity contribution >= 4 is 0 Å². The van der Waals surface area contributed by atoms with Crippen LogP contribution in [0.4, 0.5) is 0 Å². The van der Waals surface area contributed by atoms with Crippen molar-refractivity contribution in [2.45, 2.75) is 52.4 Å². The topological polar surface area (TPSA) is 30.3 Å². The molecular formula is C19H27N3O. The van der Waals surface area contributed by atoms with E-state index < -0.39 is 0 Å². The van der Waals surface area contributed by atoms with Crippen LogP contribution in [-0.2, 0) is 24.4 Å². The number of aryl methyl sites for hydroxylation is 2. The predicted octanol–water partition coefficient (Wildman–Crippen LogP) is 3.39. The number of hydrogen-bond donors (Lipinski definition) is 0.